The maximum Gasteiger partial charge on any atom is 0.434 e. The average Bonchev–Trinajstić information content (AvgIpc) is 3.15. The fourth-order valence-corrected chi connectivity index (χ4v) is 4.56. The lowest BCUT2D eigenvalue weighted by molar-refractivity contribution is -0.140. The number of allylic oxidation sites excluding steroid dienone is 1. The van der Waals surface area contributed by atoms with Gasteiger partial charge < -0.3 is 19.7 Å². The Bertz CT molecular complexity index is 1030. The summed E-state index contributed by atoms with van der Waals surface area (Å²) < 4.78 is 51.9. The topological polar surface area (TPSA) is 80.2 Å². The molecular weight excluding hydrogens is 483 g/mol. The second-order valence-corrected chi connectivity index (χ2v) is 8.16. The molecule has 12 heteroatoms. The summed E-state index contributed by atoms with van der Waals surface area (Å²) in [4.78, 5) is 30.4. The minimum atomic E-state index is -4.92. The number of aliphatic imine (C=N–C) groups is 1. The third-order valence-corrected chi connectivity index (χ3v) is 5.98. The molecule has 0 spiro atoms. The van der Waals surface area contributed by atoms with Gasteiger partial charge in [0.25, 0.3) is 0 Å². The second-order valence-electron chi connectivity index (χ2n) is 6.92. The number of alkyl halides is 3. The maximum atomic E-state index is 14.0. The van der Waals surface area contributed by atoms with Crippen LogP contribution in [0.5, 0.6) is 0 Å². The van der Waals surface area contributed by atoms with Gasteiger partial charge in [0.15, 0.2) is 10.9 Å². The Balaban J connectivity index is 2.10. The lowest BCUT2D eigenvalue weighted by Gasteiger charge is -2.37. The predicted molar refractivity (Wildman–Crippen MR) is 118 cm³/mol. The summed E-state index contributed by atoms with van der Waals surface area (Å²) in [7, 11) is 1.49. The van der Waals surface area contributed by atoms with Crippen LogP contribution in [0, 0.1) is 0 Å². The number of fused-ring (bicyclic) bond motifs is 1. The first-order chi connectivity index (χ1) is 15.7. The van der Waals surface area contributed by atoms with Crippen LogP contribution in [0.25, 0.3) is 0 Å². The normalized spacial score (nSPS) is 18.0. The van der Waals surface area contributed by atoms with E-state index in [1.807, 2.05) is 0 Å². The van der Waals surface area contributed by atoms with E-state index in [4.69, 9.17) is 21.1 Å². The Labute approximate surface area is 197 Å². The number of benzene rings is 1. The Kier molecular flexibility index (Phi) is 8.09. The number of methoxy groups -OCH3 is 1. The van der Waals surface area contributed by atoms with E-state index < -0.39 is 29.5 Å². The number of carbonyl (C=O) groups excluding carboxylic acids is 2. The van der Waals surface area contributed by atoms with Gasteiger partial charge in [0.1, 0.15) is 0 Å². The van der Waals surface area contributed by atoms with Crippen molar-refractivity contribution in [2.24, 2.45) is 4.99 Å². The molecule has 0 aliphatic carbocycles. The zero-order chi connectivity index (χ0) is 24.2. The van der Waals surface area contributed by atoms with Crippen molar-refractivity contribution in [3.63, 3.8) is 0 Å². The molecule has 2 aliphatic heterocycles. The summed E-state index contributed by atoms with van der Waals surface area (Å²) in [5.41, 5.74) is -1.40. The van der Waals surface area contributed by atoms with Gasteiger partial charge in [0.05, 0.1) is 31.2 Å². The van der Waals surface area contributed by atoms with Crippen LogP contribution in [0.15, 0.2) is 51.6 Å². The van der Waals surface area contributed by atoms with E-state index in [0.717, 1.165) is 11.8 Å². The van der Waals surface area contributed by atoms with Crippen molar-refractivity contribution < 1.29 is 32.2 Å². The van der Waals surface area contributed by atoms with Gasteiger partial charge in [-0.25, -0.2) is 9.79 Å². The fraction of sp³-hybridized carbons (Fsp3) is 0.381. The van der Waals surface area contributed by atoms with Crippen molar-refractivity contribution in [2.45, 2.75) is 25.6 Å². The van der Waals surface area contributed by atoms with Crippen molar-refractivity contribution in [3.8, 4) is 0 Å². The minimum absolute atomic E-state index is 0.0139. The number of rotatable bonds is 8. The highest BCUT2D eigenvalue weighted by Gasteiger charge is 2.49. The molecule has 33 heavy (non-hydrogen) atoms. The van der Waals surface area contributed by atoms with Crippen LogP contribution in [0.2, 0.25) is 5.02 Å². The molecule has 2 heterocycles. The number of nitrogens with zero attached hydrogens (tertiary/aromatic N) is 2. The summed E-state index contributed by atoms with van der Waals surface area (Å²) in [5, 5.41) is 4.36. The van der Waals surface area contributed by atoms with E-state index in [1.165, 1.54) is 31.1 Å². The highest BCUT2D eigenvalue weighted by molar-refractivity contribution is 8.16. The summed E-state index contributed by atoms with van der Waals surface area (Å²) in [6, 6.07) is 4.99. The van der Waals surface area contributed by atoms with E-state index in [9.17, 15) is 22.8 Å². The van der Waals surface area contributed by atoms with Gasteiger partial charge in [0, 0.05) is 24.4 Å². The Morgan fingerprint density at radius 1 is 1.30 bits per heavy atom. The molecule has 1 aromatic rings. The molecule has 0 bridgehead atoms. The van der Waals surface area contributed by atoms with Crippen LogP contribution < -0.4 is 5.32 Å². The van der Waals surface area contributed by atoms with Gasteiger partial charge in [-0.05, 0) is 24.0 Å². The number of halogens is 4. The quantitative estimate of drug-likeness (QED) is 0.423. The third-order valence-electron chi connectivity index (χ3n) is 4.74. The molecule has 0 aromatic heterocycles. The van der Waals surface area contributed by atoms with Gasteiger partial charge in [-0.1, -0.05) is 41.6 Å². The number of amides is 1. The van der Waals surface area contributed by atoms with E-state index in [-0.39, 0.29) is 41.2 Å². The first-order valence-electron chi connectivity index (χ1n) is 9.91. The molecule has 1 atom stereocenters. The van der Waals surface area contributed by atoms with Gasteiger partial charge in [-0.2, -0.15) is 13.2 Å². The molecular formula is C21H21ClF3N3O4S. The van der Waals surface area contributed by atoms with Crippen molar-refractivity contribution in [1.82, 2.24) is 10.2 Å². The van der Waals surface area contributed by atoms with E-state index in [1.54, 1.807) is 17.5 Å². The van der Waals surface area contributed by atoms with Crippen molar-refractivity contribution in [3.05, 3.63) is 57.2 Å². The number of carbonyl (C=O) groups is 2. The number of nitrogens with one attached hydrogen (secondary N) is 1. The largest absolute Gasteiger partial charge is 0.463 e. The molecule has 3 rings (SSSR count). The highest BCUT2D eigenvalue weighted by atomic mass is 35.5. The Hall–Kier alpha value is -2.50. The second kappa shape index (κ2) is 10.6. The Morgan fingerprint density at radius 3 is 2.67 bits per heavy atom. The van der Waals surface area contributed by atoms with Crippen LogP contribution in [-0.2, 0) is 19.1 Å². The van der Waals surface area contributed by atoms with Crippen molar-refractivity contribution in [2.75, 3.05) is 26.9 Å². The smallest absolute Gasteiger partial charge is 0.434 e. The average molecular weight is 504 g/mol. The lowest BCUT2D eigenvalue weighted by Crippen LogP contribution is -2.40. The van der Waals surface area contributed by atoms with E-state index >= 15 is 0 Å². The van der Waals surface area contributed by atoms with Gasteiger partial charge in [-0.3, -0.25) is 4.79 Å². The summed E-state index contributed by atoms with van der Waals surface area (Å²) in [6.07, 6.45) is -5.06. The first kappa shape index (κ1) is 25.1. The molecule has 0 fully saturated rings. The minimum Gasteiger partial charge on any atom is -0.463 e. The standard InChI is InChI=1S/C21H21ClF3N3O4S/c1-3-32-19(30)16-17(13-6-4-5-7-14(13)22)28-12(10-15(29)26-8-9-31-2)11-33-20(28)27-18(16)21(23,24)25/h4-7,11,17H,3,8-10H2,1-2H3,(H,26,29). The highest BCUT2D eigenvalue weighted by Crippen LogP contribution is 2.49. The SMILES string of the molecule is CCOC(=O)C1=C(C(F)(F)F)N=C2SC=C(CC(=O)NCCOC)N2C1c1ccccc1Cl. The molecule has 1 amide bonds. The van der Waals surface area contributed by atoms with Crippen LogP contribution in [0.1, 0.15) is 24.9 Å². The molecule has 0 radical (unpaired) electrons. The number of thioether (sulfide) groups is 1. The van der Waals surface area contributed by atoms with Gasteiger partial charge in [0.2, 0.25) is 5.91 Å². The first-order valence-corrected chi connectivity index (χ1v) is 11.2. The Morgan fingerprint density at radius 2 is 2.03 bits per heavy atom. The van der Waals surface area contributed by atoms with Gasteiger partial charge in [-0.15, -0.1) is 0 Å². The zero-order valence-electron chi connectivity index (χ0n) is 17.7. The van der Waals surface area contributed by atoms with Crippen molar-refractivity contribution in [1.29, 1.82) is 0 Å². The molecule has 178 valence electrons. The van der Waals surface area contributed by atoms with Crippen LogP contribution in [-0.4, -0.2) is 55.0 Å². The predicted octanol–water partition coefficient (Wildman–Crippen LogP) is 4.17. The molecule has 1 unspecified atom stereocenters. The summed E-state index contributed by atoms with van der Waals surface area (Å²) >= 11 is 7.29. The lowest BCUT2D eigenvalue weighted by atomic mass is 9.93. The van der Waals surface area contributed by atoms with Crippen LogP contribution in [0.4, 0.5) is 13.2 Å². The van der Waals surface area contributed by atoms with Crippen LogP contribution in [0.3, 0.4) is 0 Å². The number of hydrogen-bond acceptors (Lipinski definition) is 7. The number of ether oxygens (including phenoxy) is 2. The number of hydrogen-bond donors (Lipinski definition) is 1. The molecule has 1 aromatic carbocycles. The van der Waals surface area contributed by atoms with E-state index in [2.05, 4.69) is 10.3 Å². The number of amidine groups is 1. The molecule has 0 saturated carbocycles. The molecule has 1 N–H and O–H groups in total. The summed E-state index contributed by atoms with van der Waals surface area (Å²) in [6.45, 7) is 1.95. The zero-order valence-corrected chi connectivity index (χ0v) is 19.3. The fourth-order valence-electron chi connectivity index (χ4n) is 3.40. The molecule has 2 aliphatic rings. The third kappa shape index (κ3) is 5.53. The van der Waals surface area contributed by atoms with Crippen molar-refractivity contribution >= 4 is 40.4 Å². The monoisotopic (exact) mass is 503 g/mol. The molecule has 7 nitrogen and oxygen atoms in total. The molecule has 0 saturated heterocycles. The maximum absolute atomic E-state index is 14.0. The summed E-state index contributed by atoms with van der Waals surface area (Å²) in [5.74, 6) is -1.51. The van der Waals surface area contributed by atoms with E-state index in [0.29, 0.717) is 12.3 Å². The van der Waals surface area contributed by atoms with Gasteiger partial charge >= 0.3 is 12.1 Å². The number of esters is 1. The van der Waals surface area contributed by atoms with Crippen LogP contribution >= 0.6 is 23.4 Å².